The summed E-state index contributed by atoms with van der Waals surface area (Å²) in [6, 6.07) is 0. The summed E-state index contributed by atoms with van der Waals surface area (Å²) < 4.78 is 1.88. The van der Waals surface area contributed by atoms with Crippen LogP contribution in [-0.2, 0) is 13.1 Å². The zero-order valence-electron chi connectivity index (χ0n) is 9.82. The van der Waals surface area contributed by atoms with Crippen LogP contribution in [0.5, 0.6) is 0 Å². The van der Waals surface area contributed by atoms with Crippen LogP contribution in [0, 0.1) is 0 Å². The van der Waals surface area contributed by atoms with Gasteiger partial charge in [-0.1, -0.05) is 12.8 Å². The molecule has 0 aliphatic heterocycles. The quantitative estimate of drug-likeness (QED) is 0.772. The van der Waals surface area contributed by atoms with Gasteiger partial charge in [-0.2, -0.15) is 5.10 Å². The van der Waals surface area contributed by atoms with Crippen LogP contribution in [0.15, 0.2) is 6.33 Å². The van der Waals surface area contributed by atoms with Crippen LogP contribution in [0.25, 0.3) is 0 Å². The number of aliphatic hydroxyl groups excluding tert-OH is 1. The molecule has 1 fully saturated rings. The summed E-state index contributed by atoms with van der Waals surface area (Å²) >= 11 is 0. The zero-order chi connectivity index (χ0) is 11.4. The van der Waals surface area contributed by atoms with E-state index in [-0.39, 0.29) is 12.1 Å². The first-order valence-electron chi connectivity index (χ1n) is 6.02. The van der Waals surface area contributed by atoms with Gasteiger partial charge < -0.3 is 10.4 Å². The molecule has 1 aromatic heterocycles. The Morgan fingerprint density at radius 2 is 2.25 bits per heavy atom. The zero-order valence-corrected chi connectivity index (χ0v) is 9.82. The maximum atomic E-state index is 9.47. The van der Waals surface area contributed by atoms with Crippen LogP contribution in [0.2, 0.25) is 0 Å². The van der Waals surface area contributed by atoms with Crippen LogP contribution in [0.1, 0.15) is 38.4 Å². The first kappa shape index (κ1) is 11.5. The standard InChI is InChI=1S/C11H20N4O/c1-2-15-10(12-9-14-15)7-13-11(8-16)5-3-4-6-11/h9,13,16H,2-8H2,1H3. The fraction of sp³-hybridized carbons (Fsp3) is 0.818. The molecule has 0 radical (unpaired) electrons. The maximum absolute atomic E-state index is 9.47. The molecule has 0 spiro atoms. The van der Waals surface area contributed by atoms with E-state index >= 15 is 0 Å². The van der Waals surface area contributed by atoms with Crippen molar-refractivity contribution in [2.45, 2.75) is 51.2 Å². The molecule has 16 heavy (non-hydrogen) atoms. The summed E-state index contributed by atoms with van der Waals surface area (Å²) in [5.41, 5.74) is -0.0788. The van der Waals surface area contributed by atoms with E-state index in [1.54, 1.807) is 6.33 Å². The van der Waals surface area contributed by atoms with Crippen molar-refractivity contribution in [3.63, 3.8) is 0 Å². The summed E-state index contributed by atoms with van der Waals surface area (Å²) in [7, 11) is 0. The molecule has 1 saturated carbocycles. The SMILES string of the molecule is CCn1ncnc1CNC1(CO)CCCC1. The highest BCUT2D eigenvalue weighted by Crippen LogP contribution is 2.29. The summed E-state index contributed by atoms with van der Waals surface area (Å²) in [4.78, 5) is 4.22. The average molecular weight is 224 g/mol. The predicted octanol–water partition coefficient (Wildman–Crippen LogP) is 0.693. The molecule has 1 aliphatic carbocycles. The Balaban J connectivity index is 1.95. The van der Waals surface area contributed by atoms with Crippen molar-refractivity contribution in [3.8, 4) is 0 Å². The summed E-state index contributed by atoms with van der Waals surface area (Å²) in [5.74, 6) is 0.947. The minimum Gasteiger partial charge on any atom is -0.394 e. The minimum absolute atomic E-state index is 0.0788. The van der Waals surface area contributed by atoms with Crippen molar-refractivity contribution in [2.75, 3.05) is 6.61 Å². The molecule has 0 saturated heterocycles. The van der Waals surface area contributed by atoms with E-state index in [2.05, 4.69) is 22.3 Å². The predicted molar refractivity (Wildman–Crippen MR) is 60.8 cm³/mol. The smallest absolute Gasteiger partial charge is 0.140 e. The Morgan fingerprint density at radius 3 is 2.88 bits per heavy atom. The molecule has 5 nitrogen and oxygen atoms in total. The normalized spacial score (nSPS) is 19.1. The Labute approximate surface area is 95.9 Å². The van der Waals surface area contributed by atoms with Crippen molar-refractivity contribution < 1.29 is 5.11 Å². The van der Waals surface area contributed by atoms with Gasteiger partial charge >= 0.3 is 0 Å². The van der Waals surface area contributed by atoms with Gasteiger partial charge in [0.15, 0.2) is 0 Å². The number of aryl methyl sites for hydroxylation is 1. The number of aromatic nitrogens is 3. The van der Waals surface area contributed by atoms with Gasteiger partial charge in [0.1, 0.15) is 12.2 Å². The lowest BCUT2D eigenvalue weighted by atomic mass is 9.99. The minimum atomic E-state index is -0.0788. The molecular formula is C11H20N4O. The molecule has 2 rings (SSSR count). The van der Waals surface area contributed by atoms with Crippen LogP contribution in [0.3, 0.4) is 0 Å². The van der Waals surface area contributed by atoms with Gasteiger partial charge in [-0.25, -0.2) is 9.67 Å². The van der Waals surface area contributed by atoms with Crippen molar-refractivity contribution in [1.82, 2.24) is 20.1 Å². The number of hydrogen-bond donors (Lipinski definition) is 2. The Morgan fingerprint density at radius 1 is 1.50 bits per heavy atom. The highest BCUT2D eigenvalue weighted by Gasteiger charge is 2.32. The van der Waals surface area contributed by atoms with Gasteiger partial charge in [-0.05, 0) is 19.8 Å². The number of hydrogen-bond acceptors (Lipinski definition) is 4. The molecule has 5 heteroatoms. The van der Waals surface area contributed by atoms with Crippen LogP contribution < -0.4 is 5.32 Å². The lowest BCUT2D eigenvalue weighted by Gasteiger charge is -2.27. The van der Waals surface area contributed by atoms with Crippen molar-refractivity contribution in [3.05, 3.63) is 12.2 Å². The maximum Gasteiger partial charge on any atom is 0.140 e. The van der Waals surface area contributed by atoms with Gasteiger partial charge in [0.2, 0.25) is 0 Å². The van der Waals surface area contributed by atoms with E-state index in [1.807, 2.05) is 4.68 Å². The van der Waals surface area contributed by atoms with Gasteiger partial charge in [0.25, 0.3) is 0 Å². The third kappa shape index (κ3) is 2.25. The molecule has 0 amide bonds. The molecule has 0 aromatic carbocycles. The molecule has 2 N–H and O–H groups in total. The topological polar surface area (TPSA) is 63.0 Å². The average Bonchev–Trinajstić information content (AvgIpc) is 2.96. The molecule has 0 unspecified atom stereocenters. The second-order valence-corrected chi connectivity index (χ2v) is 4.49. The summed E-state index contributed by atoms with van der Waals surface area (Å²) in [6.07, 6.45) is 6.11. The number of rotatable bonds is 5. The fourth-order valence-corrected chi connectivity index (χ4v) is 2.40. The van der Waals surface area contributed by atoms with Gasteiger partial charge in [0, 0.05) is 12.1 Å². The lowest BCUT2D eigenvalue weighted by molar-refractivity contribution is 0.161. The highest BCUT2D eigenvalue weighted by molar-refractivity contribution is 4.95. The number of aliphatic hydroxyl groups is 1. The fourth-order valence-electron chi connectivity index (χ4n) is 2.40. The first-order valence-corrected chi connectivity index (χ1v) is 6.02. The van der Waals surface area contributed by atoms with Gasteiger partial charge in [-0.15, -0.1) is 0 Å². The second kappa shape index (κ2) is 4.93. The third-order valence-electron chi connectivity index (χ3n) is 3.48. The van der Waals surface area contributed by atoms with Gasteiger partial charge in [-0.3, -0.25) is 0 Å². The van der Waals surface area contributed by atoms with Crippen molar-refractivity contribution in [2.24, 2.45) is 0 Å². The summed E-state index contributed by atoms with van der Waals surface area (Å²) in [5, 5.41) is 17.0. The Kier molecular flexibility index (Phi) is 3.56. The van der Waals surface area contributed by atoms with E-state index in [0.29, 0.717) is 6.54 Å². The summed E-state index contributed by atoms with van der Waals surface area (Å²) in [6.45, 7) is 3.79. The molecule has 1 heterocycles. The first-order chi connectivity index (χ1) is 7.79. The number of nitrogens with one attached hydrogen (secondary N) is 1. The molecule has 1 aromatic rings. The molecule has 0 bridgehead atoms. The Bertz CT molecular complexity index is 330. The third-order valence-corrected chi connectivity index (χ3v) is 3.48. The second-order valence-electron chi connectivity index (χ2n) is 4.49. The molecule has 1 aliphatic rings. The van der Waals surface area contributed by atoms with Crippen molar-refractivity contribution >= 4 is 0 Å². The highest BCUT2D eigenvalue weighted by atomic mass is 16.3. The molecule has 0 atom stereocenters. The van der Waals surface area contributed by atoms with Crippen LogP contribution in [0.4, 0.5) is 0 Å². The van der Waals surface area contributed by atoms with E-state index < -0.39 is 0 Å². The molecular weight excluding hydrogens is 204 g/mol. The van der Waals surface area contributed by atoms with Crippen LogP contribution in [-0.4, -0.2) is 32.0 Å². The van der Waals surface area contributed by atoms with Crippen molar-refractivity contribution in [1.29, 1.82) is 0 Å². The molecule has 90 valence electrons. The van der Waals surface area contributed by atoms with E-state index in [9.17, 15) is 5.11 Å². The monoisotopic (exact) mass is 224 g/mol. The van der Waals surface area contributed by atoms with E-state index in [4.69, 9.17) is 0 Å². The van der Waals surface area contributed by atoms with Gasteiger partial charge in [0.05, 0.1) is 13.2 Å². The lowest BCUT2D eigenvalue weighted by Crippen LogP contribution is -2.45. The Hall–Kier alpha value is -0.940. The van der Waals surface area contributed by atoms with Crippen LogP contribution >= 0.6 is 0 Å². The largest absolute Gasteiger partial charge is 0.394 e. The van der Waals surface area contributed by atoms with E-state index in [0.717, 1.165) is 25.2 Å². The number of nitrogens with zero attached hydrogens (tertiary/aromatic N) is 3. The van der Waals surface area contributed by atoms with E-state index in [1.165, 1.54) is 12.8 Å².